The lowest BCUT2D eigenvalue weighted by atomic mass is 10.3. The molecule has 0 bridgehead atoms. The van der Waals surface area contributed by atoms with Gasteiger partial charge in [0.15, 0.2) is 0 Å². The van der Waals surface area contributed by atoms with Crippen LogP contribution in [0.2, 0.25) is 0 Å². The summed E-state index contributed by atoms with van der Waals surface area (Å²) in [5.41, 5.74) is 1.63. The fourth-order valence-electron chi connectivity index (χ4n) is 1.59. The molecule has 5 nitrogen and oxygen atoms in total. The summed E-state index contributed by atoms with van der Waals surface area (Å²) < 4.78 is 0. The van der Waals surface area contributed by atoms with E-state index in [-0.39, 0.29) is 12.3 Å². The molecule has 0 unspecified atom stereocenters. The number of carbonyl (C=O) groups excluding carboxylic acids is 1. The number of aromatic nitrogens is 1. The van der Waals surface area contributed by atoms with Gasteiger partial charge in [-0.2, -0.15) is 0 Å². The van der Waals surface area contributed by atoms with Crippen LogP contribution in [0.1, 0.15) is 30.8 Å². The van der Waals surface area contributed by atoms with Crippen molar-refractivity contribution in [3.05, 3.63) is 37.5 Å². The van der Waals surface area contributed by atoms with Crippen molar-refractivity contribution in [2.75, 3.05) is 0 Å². The van der Waals surface area contributed by atoms with Gasteiger partial charge in [0.1, 0.15) is 5.01 Å². The number of carbonyl (C=O) groups is 2. The number of hydrogen-bond acceptors (Lipinski definition) is 5. The summed E-state index contributed by atoms with van der Waals surface area (Å²) >= 11 is 2.82. The molecule has 2 aromatic heterocycles. The maximum atomic E-state index is 12.0. The number of carboxylic acids is 1. The maximum absolute atomic E-state index is 12.0. The van der Waals surface area contributed by atoms with Crippen molar-refractivity contribution in [2.24, 2.45) is 0 Å². The molecule has 2 N–H and O–H groups in total. The zero-order valence-corrected chi connectivity index (χ0v) is 12.7. The molecule has 0 radical (unpaired) electrons. The lowest BCUT2D eigenvalue weighted by molar-refractivity contribution is -0.136. The van der Waals surface area contributed by atoms with Gasteiger partial charge in [-0.1, -0.05) is 0 Å². The number of thiophene rings is 1. The minimum absolute atomic E-state index is 0.0895. The average Bonchev–Trinajstić information content (AvgIpc) is 2.94. The van der Waals surface area contributed by atoms with Gasteiger partial charge in [0.25, 0.3) is 5.91 Å². The van der Waals surface area contributed by atoms with Crippen LogP contribution < -0.4 is 5.32 Å². The number of nitrogens with one attached hydrogen (secondary N) is 1. The molecule has 2 heterocycles. The molecule has 0 saturated carbocycles. The SMILES string of the molecule is Cc1cc(C(=O)NCc2nc(CC(=O)O)cs2)sc1C. The molecule has 0 aliphatic heterocycles. The van der Waals surface area contributed by atoms with E-state index < -0.39 is 5.97 Å². The van der Waals surface area contributed by atoms with Gasteiger partial charge in [0.05, 0.1) is 23.5 Å². The van der Waals surface area contributed by atoms with Crippen LogP contribution in [0.3, 0.4) is 0 Å². The number of carboxylic acid groups (broad SMARTS) is 1. The van der Waals surface area contributed by atoms with Gasteiger partial charge in [0.2, 0.25) is 0 Å². The number of nitrogens with zero attached hydrogens (tertiary/aromatic N) is 1. The number of aliphatic carboxylic acids is 1. The Morgan fingerprint density at radius 3 is 2.75 bits per heavy atom. The molecule has 106 valence electrons. The summed E-state index contributed by atoms with van der Waals surface area (Å²) in [6, 6.07) is 1.87. The highest BCUT2D eigenvalue weighted by molar-refractivity contribution is 7.14. The normalized spacial score (nSPS) is 10.5. The second-order valence-corrected chi connectivity index (χ2v) is 6.53. The molecular formula is C13H14N2O3S2. The van der Waals surface area contributed by atoms with Crippen LogP contribution in [-0.2, 0) is 17.8 Å². The lowest BCUT2D eigenvalue weighted by Crippen LogP contribution is -2.21. The van der Waals surface area contributed by atoms with Gasteiger partial charge < -0.3 is 10.4 Å². The second kappa shape index (κ2) is 6.15. The summed E-state index contributed by atoms with van der Waals surface area (Å²) in [5, 5.41) is 13.9. The van der Waals surface area contributed by atoms with Crippen LogP contribution in [-0.4, -0.2) is 22.0 Å². The number of hydrogen-bond donors (Lipinski definition) is 2. The first-order chi connectivity index (χ1) is 9.45. The Hall–Kier alpha value is -1.73. The molecule has 0 fully saturated rings. The number of aryl methyl sites for hydroxylation is 2. The first kappa shape index (κ1) is 14.7. The van der Waals surface area contributed by atoms with E-state index >= 15 is 0 Å². The summed E-state index contributed by atoms with van der Waals surface area (Å²) in [6.07, 6.45) is -0.0895. The van der Waals surface area contributed by atoms with Crippen LogP contribution in [0.4, 0.5) is 0 Å². The molecule has 0 spiro atoms. The fraction of sp³-hybridized carbons (Fsp3) is 0.308. The molecule has 1 amide bonds. The van der Waals surface area contributed by atoms with Gasteiger partial charge in [0, 0.05) is 10.3 Å². The van der Waals surface area contributed by atoms with Gasteiger partial charge >= 0.3 is 5.97 Å². The highest BCUT2D eigenvalue weighted by Gasteiger charge is 2.11. The van der Waals surface area contributed by atoms with E-state index in [4.69, 9.17) is 5.11 Å². The Kier molecular flexibility index (Phi) is 4.51. The van der Waals surface area contributed by atoms with Crippen LogP contribution >= 0.6 is 22.7 Å². The van der Waals surface area contributed by atoms with Crippen LogP contribution in [0.15, 0.2) is 11.4 Å². The number of amides is 1. The van der Waals surface area contributed by atoms with Crippen molar-refractivity contribution >= 4 is 34.6 Å². The Labute approximate surface area is 124 Å². The minimum Gasteiger partial charge on any atom is -0.481 e. The monoisotopic (exact) mass is 310 g/mol. The highest BCUT2D eigenvalue weighted by Crippen LogP contribution is 2.20. The second-order valence-electron chi connectivity index (χ2n) is 4.34. The van der Waals surface area contributed by atoms with Crippen LogP contribution in [0, 0.1) is 13.8 Å². The lowest BCUT2D eigenvalue weighted by Gasteiger charge is -2.00. The molecule has 0 aliphatic carbocycles. The molecular weight excluding hydrogens is 296 g/mol. The summed E-state index contributed by atoms with van der Waals surface area (Å²) in [6.45, 7) is 4.27. The number of thiazole rings is 1. The summed E-state index contributed by atoms with van der Waals surface area (Å²) in [4.78, 5) is 28.5. The van der Waals surface area contributed by atoms with E-state index in [1.54, 1.807) is 5.38 Å². The van der Waals surface area contributed by atoms with Crippen molar-refractivity contribution in [1.82, 2.24) is 10.3 Å². The van der Waals surface area contributed by atoms with Gasteiger partial charge in [-0.3, -0.25) is 9.59 Å². The first-order valence-corrected chi connectivity index (χ1v) is 7.65. The minimum atomic E-state index is -0.907. The zero-order valence-electron chi connectivity index (χ0n) is 11.1. The summed E-state index contributed by atoms with van der Waals surface area (Å²) in [5.74, 6) is -1.03. The van der Waals surface area contributed by atoms with Crippen molar-refractivity contribution in [2.45, 2.75) is 26.8 Å². The molecule has 20 heavy (non-hydrogen) atoms. The van der Waals surface area contributed by atoms with Crippen molar-refractivity contribution in [3.63, 3.8) is 0 Å². The largest absolute Gasteiger partial charge is 0.481 e. The third-order valence-corrected chi connectivity index (χ3v) is 4.77. The predicted octanol–water partition coefficient (Wildman–Crippen LogP) is 2.38. The molecule has 0 atom stereocenters. The van der Waals surface area contributed by atoms with E-state index in [9.17, 15) is 9.59 Å². The van der Waals surface area contributed by atoms with E-state index in [0.717, 1.165) is 10.4 Å². The van der Waals surface area contributed by atoms with E-state index in [1.165, 1.54) is 22.7 Å². The predicted molar refractivity (Wildman–Crippen MR) is 78.4 cm³/mol. The van der Waals surface area contributed by atoms with Gasteiger partial charge in [-0.25, -0.2) is 4.98 Å². The number of rotatable bonds is 5. The third kappa shape index (κ3) is 3.64. The first-order valence-electron chi connectivity index (χ1n) is 5.96. The summed E-state index contributed by atoms with van der Waals surface area (Å²) in [7, 11) is 0. The zero-order chi connectivity index (χ0) is 14.7. The van der Waals surface area contributed by atoms with E-state index in [0.29, 0.717) is 22.1 Å². The molecule has 0 aromatic carbocycles. The topological polar surface area (TPSA) is 79.3 Å². The van der Waals surface area contributed by atoms with Gasteiger partial charge in [-0.05, 0) is 25.5 Å². The standard InChI is InChI=1S/C13H14N2O3S2/c1-7-3-10(20-8(7)2)13(18)14-5-11-15-9(6-19-11)4-12(16)17/h3,6H,4-5H2,1-2H3,(H,14,18)(H,16,17). The Morgan fingerprint density at radius 2 is 2.15 bits per heavy atom. The fourth-order valence-corrected chi connectivity index (χ4v) is 3.28. The maximum Gasteiger partial charge on any atom is 0.309 e. The molecule has 0 aliphatic rings. The van der Waals surface area contributed by atoms with Crippen molar-refractivity contribution < 1.29 is 14.7 Å². The average molecular weight is 310 g/mol. The van der Waals surface area contributed by atoms with Crippen molar-refractivity contribution in [1.29, 1.82) is 0 Å². The Balaban J connectivity index is 1.93. The third-order valence-electron chi connectivity index (χ3n) is 2.72. The van der Waals surface area contributed by atoms with Crippen LogP contribution in [0.25, 0.3) is 0 Å². The van der Waals surface area contributed by atoms with Crippen LogP contribution in [0.5, 0.6) is 0 Å². The van der Waals surface area contributed by atoms with Gasteiger partial charge in [-0.15, -0.1) is 22.7 Å². The smallest absolute Gasteiger partial charge is 0.309 e. The molecule has 2 rings (SSSR count). The molecule has 7 heteroatoms. The van der Waals surface area contributed by atoms with E-state index in [1.807, 2.05) is 19.9 Å². The van der Waals surface area contributed by atoms with E-state index in [2.05, 4.69) is 10.3 Å². The Bertz CT molecular complexity index is 626. The molecule has 2 aromatic rings. The highest BCUT2D eigenvalue weighted by atomic mass is 32.1. The Morgan fingerprint density at radius 1 is 1.40 bits per heavy atom. The molecule has 0 saturated heterocycles. The van der Waals surface area contributed by atoms with Crippen molar-refractivity contribution in [3.8, 4) is 0 Å². The quantitative estimate of drug-likeness (QED) is 0.888.